The highest BCUT2D eigenvalue weighted by molar-refractivity contribution is 5.76. The first-order valence-corrected chi connectivity index (χ1v) is 21.9. The Hall–Kier alpha value is -1.65. The molecule has 0 fully saturated rings. The van der Waals surface area contributed by atoms with Gasteiger partial charge in [0.25, 0.3) is 0 Å². The molecule has 0 aromatic rings. The highest BCUT2D eigenvalue weighted by atomic mass is 16.3. The molecule has 1 amide bonds. The van der Waals surface area contributed by atoms with E-state index in [1.54, 1.807) is 6.08 Å². The summed E-state index contributed by atoms with van der Waals surface area (Å²) in [6.07, 6.45) is 56.4. The minimum Gasteiger partial charge on any atom is -0.394 e. The predicted octanol–water partition coefficient (Wildman–Crippen LogP) is 13.6. The maximum absolute atomic E-state index is 12.4. The van der Waals surface area contributed by atoms with E-state index in [4.69, 9.17) is 0 Å². The summed E-state index contributed by atoms with van der Waals surface area (Å²) < 4.78 is 0. The number of allylic oxidation sites excluding steroid dienone is 7. The average Bonchev–Trinajstić information content (AvgIpc) is 3.12. The van der Waals surface area contributed by atoms with Crippen molar-refractivity contribution in [2.75, 3.05) is 6.61 Å². The number of aliphatic hydroxyl groups is 2. The minimum atomic E-state index is -0.866. The van der Waals surface area contributed by atoms with E-state index in [0.29, 0.717) is 6.42 Å². The van der Waals surface area contributed by atoms with E-state index in [-0.39, 0.29) is 12.5 Å². The molecule has 50 heavy (non-hydrogen) atoms. The van der Waals surface area contributed by atoms with Crippen LogP contribution < -0.4 is 5.32 Å². The van der Waals surface area contributed by atoms with E-state index in [0.717, 1.165) is 44.9 Å². The van der Waals surface area contributed by atoms with Gasteiger partial charge in [0, 0.05) is 6.42 Å². The molecule has 0 saturated carbocycles. The van der Waals surface area contributed by atoms with Gasteiger partial charge in [0.15, 0.2) is 0 Å². The van der Waals surface area contributed by atoms with Crippen molar-refractivity contribution >= 4 is 5.91 Å². The lowest BCUT2D eigenvalue weighted by molar-refractivity contribution is -0.123. The molecule has 0 aromatic carbocycles. The van der Waals surface area contributed by atoms with Gasteiger partial charge in [-0.15, -0.1) is 0 Å². The SMILES string of the molecule is CCCCC/C=C\C/C=C\CCCCCCCCCC(=O)NC(CO)C(O)/C=C/CC/C=C/CCCCCCCCCCCCCCCCC. The average molecular weight is 700 g/mol. The first-order valence-electron chi connectivity index (χ1n) is 21.9. The molecule has 2 unspecified atom stereocenters. The summed E-state index contributed by atoms with van der Waals surface area (Å²) in [6.45, 7) is 4.27. The van der Waals surface area contributed by atoms with Gasteiger partial charge in [-0.05, 0) is 64.2 Å². The van der Waals surface area contributed by atoms with E-state index >= 15 is 0 Å². The lowest BCUT2D eigenvalue weighted by atomic mass is 10.0. The summed E-state index contributed by atoms with van der Waals surface area (Å²) in [5.74, 6) is -0.0826. The highest BCUT2D eigenvalue weighted by Crippen LogP contribution is 2.14. The van der Waals surface area contributed by atoms with Crippen LogP contribution in [0.5, 0.6) is 0 Å². The van der Waals surface area contributed by atoms with Crippen LogP contribution in [0.3, 0.4) is 0 Å². The normalized spacial score (nSPS) is 13.4. The number of rotatable bonds is 39. The zero-order valence-electron chi connectivity index (χ0n) is 33.4. The van der Waals surface area contributed by atoms with Gasteiger partial charge in [-0.1, -0.05) is 197 Å². The van der Waals surface area contributed by atoms with Gasteiger partial charge >= 0.3 is 0 Å². The lowest BCUT2D eigenvalue weighted by Crippen LogP contribution is -2.45. The Bertz CT molecular complexity index is 801. The van der Waals surface area contributed by atoms with Crippen molar-refractivity contribution in [2.24, 2.45) is 0 Å². The van der Waals surface area contributed by atoms with E-state index in [2.05, 4.69) is 55.6 Å². The molecule has 0 spiro atoms. The van der Waals surface area contributed by atoms with Crippen molar-refractivity contribution in [3.8, 4) is 0 Å². The van der Waals surface area contributed by atoms with Gasteiger partial charge in [0.05, 0.1) is 18.8 Å². The lowest BCUT2D eigenvalue weighted by Gasteiger charge is -2.19. The summed E-state index contributed by atoms with van der Waals surface area (Å²) in [4.78, 5) is 12.4. The van der Waals surface area contributed by atoms with E-state index in [1.807, 2.05) is 6.08 Å². The standard InChI is InChI=1S/C46H85NO3/c1-3-5-7-9-11-13-15-17-19-21-22-23-24-26-27-29-31-33-35-37-39-41-45(49)44(43-48)47-46(50)42-40-38-36-34-32-30-28-25-20-18-16-14-12-10-8-6-4-2/h12,14,18,20,31,33,39,41,44-45,48-49H,3-11,13,15-17,19,21-30,32,34-38,40,42-43H2,1-2H3,(H,47,50)/b14-12-,20-18-,33-31+,41-39+. The Morgan fingerprint density at radius 1 is 0.480 bits per heavy atom. The van der Waals surface area contributed by atoms with Gasteiger partial charge in [-0.3, -0.25) is 4.79 Å². The van der Waals surface area contributed by atoms with Crippen LogP contribution in [0.4, 0.5) is 0 Å². The first-order chi connectivity index (χ1) is 24.7. The van der Waals surface area contributed by atoms with Crippen LogP contribution in [0, 0.1) is 0 Å². The summed E-state index contributed by atoms with van der Waals surface area (Å²) >= 11 is 0. The van der Waals surface area contributed by atoms with Crippen LogP contribution >= 0.6 is 0 Å². The second-order valence-electron chi connectivity index (χ2n) is 14.8. The number of hydrogen-bond donors (Lipinski definition) is 3. The fourth-order valence-corrected chi connectivity index (χ4v) is 6.40. The van der Waals surface area contributed by atoms with Crippen LogP contribution in [-0.2, 0) is 4.79 Å². The third kappa shape index (κ3) is 37.6. The number of aliphatic hydroxyl groups excluding tert-OH is 2. The van der Waals surface area contributed by atoms with Crippen molar-refractivity contribution in [3.63, 3.8) is 0 Å². The Morgan fingerprint density at radius 2 is 0.840 bits per heavy atom. The van der Waals surface area contributed by atoms with Crippen LogP contribution in [0.15, 0.2) is 48.6 Å². The number of amides is 1. The minimum absolute atomic E-state index is 0.0826. The fourth-order valence-electron chi connectivity index (χ4n) is 6.40. The van der Waals surface area contributed by atoms with Gasteiger partial charge in [-0.25, -0.2) is 0 Å². The molecule has 4 nitrogen and oxygen atoms in total. The third-order valence-corrected chi connectivity index (χ3v) is 9.78. The Balaban J connectivity index is 3.63. The summed E-state index contributed by atoms with van der Waals surface area (Å²) in [5, 5.41) is 23.0. The highest BCUT2D eigenvalue weighted by Gasteiger charge is 2.17. The molecule has 0 aliphatic heterocycles. The number of carbonyl (C=O) groups excluding carboxylic acids is 1. The molecule has 3 N–H and O–H groups in total. The molecule has 0 rings (SSSR count). The number of unbranched alkanes of at least 4 members (excludes halogenated alkanes) is 26. The maximum atomic E-state index is 12.4. The number of hydrogen-bond acceptors (Lipinski definition) is 3. The van der Waals surface area contributed by atoms with Crippen LogP contribution in [0.1, 0.15) is 219 Å². The summed E-state index contributed by atoms with van der Waals surface area (Å²) in [5.41, 5.74) is 0. The van der Waals surface area contributed by atoms with Crippen molar-refractivity contribution < 1.29 is 15.0 Å². The molecule has 0 saturated heterocycles. The Kier molecular flexibility index (Phi) is 40.4. The zero-order chi connectivity index (χ0) is 36.4. The van der Waals surface area contributed by atoms with Crippen LogP contribution in [0.25, 0.3) is 0 Å². The van der Waals surface area contributed by atoms with Crippen LogP contribution in [0.2, 0.25) is 0 Å². The Labute approximate surface area is 312 Å². The number of nitrogens with one attached hydrogen (secondary N) is 1. The second-order valence-corrected chi connectivity index (χ2v) is 14.8. The van der Waals surface area contributed by atoms with E-state index in [1.165, 1.54) is 154 Å². The van der Waals surface area contributed by atoms with Crippen molar-refractivity contribution in [1.82, 2.24) is 5.32 Å². The molecule has 0 radical (unpaired) electrons. The molecule has 0 bridgehead atoms. The topological polar surface area (TPSA) is 69.6 Å². The predicted molar refractivity (Wildman–Crippen MR) is 221 cm³/mol. The van der Waals surface area contributed by atoms with E-state index < -0.39 is 12.1 Å². The molecule has 0 aromatic heterocycles. The van der Waals surface area contributed by atoms with Crippen molar-refractivity contribution in [3.05, 3.63) is 48.6 Å². The van der Waals surface area contributed by atoms with Crippen LogP contribution in [-0.4, -0.2) is 34.9 Å². The van der Waals surface area contributed by atoms with Gasteiger partial charge in [0.1, 0.15) is 0 Å². The van der Waals surface area contributed by atoms with Gasteiger partial charge in [-0.2, -0.15) is 0 Å². The molecular formula is C46H85NO3. The summed E-state index contributed by atoms with van der Waals surface area (Å²) in [7, 11) is 0. The summed E-state index contributed by atoms with van der Waals surface area (Å²) in [6, 6.07) is -0.643. The third-order valence-electron chi connectivity index (χ3n) is 9.78. The molecule has 0 aliphatic rings. The molecule has 0 aliphatic carbocycles. The van der Waals surface area contributed by atoms with E-state index in [9.17, 15) is 15.0 Å². The molecule has 2 atom stereocenters. The van der Waals surface area contributed by atoms with Gasteiger partial charge < -0.3 is 15.5 Å². The van der Waals surface area contributed by atoms with Gasteiger partial charge in [0.2, 0.25) is 5.91 Å². The first kappa shape index (κ1) is 48.3. The molecule has 4 heteroatoms. The second kappa shape index (κ2) is 41.8. The zero-order valence-corrected chi connectivity index (χ0v) is 33.4. The van der Waals surface area contributed by atoms with Crippen molar-refractivity contribution in [1.29, 1.82) is 0 Å². The smallest absolute Gasteiger partial charge is 0.220 e. The maximum Gasteiger partial charge on any atom is 0.220 e. The fraction of sp³-hybridized carbons (Fsp3) is 0.804. The largest absolute Gasteiger partial charge is 0.394 e. The quantitative estimate of drug-likeness (QED) is 0.0442. The Morgan fingerprint density at radius 3 is 1.32 bits per heavy atom. The monoisotopic (exact) mass is 700 g/mol. The molecular weight excluding hydrogens is 615 g/mol. The van der Waals surface area contributed by atoms with Crippen molar-refractivity contribution in [2.45, 2.75) is 231 Å². The molecule has 292 valence electrons. The molecule has 0 heterocycles. The number of carbonyl (C=O) groups is 1.